The molecule has 0 amide bonds. The summed E-state index contributed by atoms with van der Waals surface area (Å²) in [6.45, 7) is 1.73. The van der Waals surface area contributed by atoms with Crippen molar-refractivity contribution in [2.24, 2.45) is 7.05 Å². The van der Waals surface area contributed by atoms with Gasteiger partial charge in [0.05, 0.1) is 11.8 Å². The Morgan fingerprint density at radius 3 is 2.75 bits per heavy atom. The lowest BCUT2D eigenvalue weighted by atomic mass is 10.3. The van der Waals surface area contributed by atoms with Crippen LogP contribution in [0.1, 0.15) is 16.2 Å². The first-order valence-electron chi connectivity index (χ1n) is 4.64. The van der Waals surface area contributed by atoms with Crippen LogP contribution in [0, 0.1) is 6.92 Å². The van der Waals surface area contributed by atoms with Crippen molar-refractivity contribution in [3.05, 3.63) is 29.8 Å². The largest absolute Gasteiger partial charge is 0.477 e. The van der Waals surface area contributed by atoms with Gasteiger partial charge >= 0.3 is 5.97 Å². The molecule has 16 heavy (non-hydrogen) atoms. The summed E-state index contributed by atoms with van der Waals surface area (Å²) in [6, 6.07) is 1.43. The van der Waals surface area contributed by atoms with Crippen LogP contribution in [-0.2, 0) is 7.05 Å². The van der Waals surface area contributed by atoms with E-state index in [-0.39, 0.29) is 5.69 Å². The van der Waals surface area contributed by atoms with Gasteiger partial charge in [0, 0.05) is 18.9 Å². The van der Waals surface area contributed by atoms with Crippen molar-refractivity contribution in [3.8, 4) is 11.4 Å². The molecule has 0 bridgehead atoms. The van der Waals surface area contributed by atoms with E-state index in [1.54, 1.807) is 31.0 Å². The normalized spacial score (nSPS) is 10.4. The summed E-state index contributed by atoms with van der Waals surface area (Å²) in [5.41, 5.74) is 1.31. The molecular formula is C10H10N4O2. The molecule has 2 heterocycles. The number of hydrogen-bond acceptors (Lipinski definition) is 4. The molecule has 0 saturated carbocycles. The van der Waals surface area contributed by atoms with Crippen LogP contribution in [0.2, 0.25) is 0 Å². The van der Waals surface area contributed by atoms with Crippen molar-refractivity contribution in [3.63, 3.8) is 0 Å². The van der Waals surface area contributed by atoms with Gasteiger partial charge in [0.1, 0.15) is 0 Å². The predicted octanol–water partition coefficient (Wildman–Crippen LogP) is 0.884. The van der Waals surface area contributed by atoms with Crippen LogP contribution in [0.3, 0.4) is 0 Å². The molecule has 0 aliphatic rings. The van der Waals surface area contributed by atoms with Crippen LogP contribution in [0.4, 0.5) is 0 Å². The van der Waals surface area contributed by atoms with Gasteiger partial charge in [-0.05, 0) is 13.0 Å². The number of aromatic nitrogens is 4. The SMILES string of the molecule is Cc1cc(C(=O)O)nc(-c2cnn(C)c2)n1. The minimum atomic E-state index is -1.06. The van der Waals surface area contributed by atoms with E-state index >= 15 is 0 Å². The molecule has 0 aromatic carbocycles. The molecule has 2 aromatic rings. The van der Waals surface area contributed by atoms with Crippen molar-refractivity contribution >= 4 is 5.97 Å². The van der Waals surface area contributed by atoms with E-state index in [0.29, 0.717) is 17.1 Å². The minimum Gasteiger partial charge on any atom is -0.477 e. The summed E-state index contributed by atoms with van der Waals surface area (Å²) in [7, 11) is 1.78. The third-order valence-corrected chi connectivity index (χ3v) is 2.04. The molecule has 0 radical (unpaired) electrons. The number of carbonyl (C=O) groups is 1. The number of carboxylic acid groups (broad SMARTS) is 1. The molecule has 0 saturated heterocycles. The van der Waals surface area contributed by atoms with Crippen LogP contribution >= 0.6 is 0 Å². The first-order chi connectivity index (χ1) is 7.56. The third kappa shape index (κ3) is 1.90. The molecule has 82 valence electrons. The molecule has 0 fully saturated rings. The average Bonchev–Trinajstić information content (AvgIpc) is 2.64. The second-order valence-electron chi connectivity index (χ2n) is 3.43. The Labute approximate surface area is 91.6 Å². The van der Waals surface area contributed by atoms with E-state index < -0.39 is 5.97 Å². The topological polar surface area (TPSA) is 80.9 Å². The molecule has 1 N–H and O–H groups in total. The number of nitrogens with zero attached hydrogens (tertiary/aromatic N) is 4. The van der Waals surface area contributed by atoms with Gasteiger partial charge in [-0.2, -0.15) is 5.10 Å². The highest BCUT2D eigenvalue weighted by Gasteiger charge is 2.10. The second kappa shape index (κ2) is 3.73. The monoisotopic (exact) mass is 218 g/mol. The van der Waals surface area contributed by atoms with Crippen molar-refractivity contribution in [1.82, 2.24) is 19.7 Å². The smallest absolute Gasteiger partial charge is 0.354 e. The summed E-state index contributed by atoms with van der Waals surface area (Å²) in [5, 5.41) is 12.9. The molecule has 2 aromatic heterocycles. The first-order valence-corrected chi connectivity index (χ1v) is 4.64. The van der Waals surface area contributed by atoms with Crippen molar-refractivity contribution in [2.45, 2.75) is 6.92 Å². The molecule has 6 heteroatoms. The van der Waals surface area contributed by atoms with Gasteiger partial charge in [0.2, 0.25) is 0 Å². The highest BCUT2D eigenvalue weighted by molar-refractivity contribution is 5.85. The summed E-state index contributed by atoms with van der Waals surface area (Å²) < 4.78 is 1.61. The van der Waals surface area contributed by atoms with Crippen LogP contribution < -0.4 is 0 Å². The average molecular weight is 218 g/mol. The zero-order valence-electron chi connectivity index (χ0n) is 8.88. The third-order valence-electron chi connectivity index (χ3n) is 2.04. The van der Waals surface area contributed by atoms with E-state index in [0.717, 1.165) is 0 Å². The van der Waals surface area contributed by atoms with E-state index in [1.165, 1.54) is 6.07 Å². The predicted molar refractivity (Wildman–Crippen MR) is 55.9 cm³/mol. The number of hydrogen-bond donors (Lipinski definition) is 1. The summed E-state index contributed by atoms with van der Waals surface area (Å²) in [5.74, 6) is -0.679. The van der Waals surface area contributed by atoms with Gasteiger partial charge in [-0.3, -0.25) is 4.68 Å². The minimum absolute atomic E-state index is 0.00801. The van der Waals surface area contributed by atoms with Gasteiger partial charge < -0.3 is 5.11 Å². The maximum absolute atomic E-state index is 10.8. The molecular weight excluding hydrogens is 208 g/mol. The summed E-state index contributed by atoms with van der Waals surface area (Å²) in [6.07, 6.45) is 3.33. The quantitative estimate of drug-likeness (QED) is 0.809. The zero-order chi connectivity index (χ0) is 11.7. The molecule has 6 nitrogen and oxygen atoms in total. The molecule has 0 unspecified atom stereocenters. The Morgan fingerprint density at radius 2 is 2.19 bits per heavy atom. The van der Waals surface area contributed by atoms with Gasteiger partial charge in [-0.1, -0.05) is 0 Å². The zero-order valence-corrected chi connectivity index (χ0v) is 8.88. The van der Waals surface area contributed by atoms with Crippen LogP contribution in [0.15, 0.2) is 18.5 Å². The Balaban J connectivity index is 2.53. The Hall–Kier alpha value is -2.24. The fourth-order valence-electron chi connectivity index (χ4n) is 1.34. The standard InChI is InChI=1S/C10H10N4O2/c1-6-3-8(10(15)16)13-9(12-6)7-4-11-14(2)5-7/h3-5H,1-2H3,(H,15,16). The second-order valence-corrected chi connectivity index (χ2v) is 3.43. The van der Waals surface area contributed by atoms with Crippen LogP contribution in [0.5, 0.6) is 0 Å². The van der Waals surface area contributed by atoms with E-state index in [9.17, 15) is 4.79 Å². The Bertz CT molecular complexity index is 548. The maximum atomic E-state index is 10.8. The van der Waals surface area contributed by atoms with Crippen molar-refractivity contribution in [1.29, 1.82) is 0 Å². The lowest BCUT2D eigenvalue weighted by Gasteiger charge is -2.00. The van der Waals surface area contributed by atoms with E-state index in [2.05, 4.69) is 15.1 Å². The number of carboxylic acids is 1. The molecule has 0 spiro atoms. The van der Waals surface area contributed by atoms with Crippen LogP contribution in [0.25, 0.3) is 11.4 Å². The number of rotatable bonds is 2. The molecule has 0 atom stereocenters. The Morgan fingerprint density at radius 1 is 1.44 bits per heavy atom. The Kier molecular flexibility index (Phi) is 2.40. The van der Waals surface area contributed by atoms with Gasteiger partial charge in [0.15, 0.2) is 11.5 Å². The lowest BCUT2D eigenvalue weighted by molar-refractivity contribution is 0.0690. The van der Waals surface area contributed by atoms with Crippen molar-refractivity contribution in [2.75, 3.05) is 0 Å². The van der Waals surface area contributed by atoms with Crippen molar-refractivity contribution < 1.29 is 9.90 Å². The lowest BCUT2D eigenvalue weighted by Crippen LogP contribution is -2.04. The van der Waals surface area contributed by atoms with Gasteiger partial charge in [-0.25, -0.2) is 14.8 Å². The fraction of sp³-hybridized carbons (Fsp3) is 0.200. The molecule has 0 aliphatic carbocycles. The number of aryl methyl sites for hydroxylation is 2. The van der Waals surface area contributed by atoms with Gasteiger partial charge in [-0.15, -0.1) is 0 Å². The highest BCUT2D eigenvalue weighted by atomic mass is 16.4. The van der Waals surface area contributed by atoms with Crippen LogP contribution in [-0.4, -0.2) is 30.8 Å². The molecule has 2 rings (SSSR count). The number of aromatic carboxylic acids is 1. The summed E-state index contributed by atoms with van der Waals surface area (Å²) in [4.78, 5) is 19.0. The van der Waals surface area contributed by atoms with E-state index in [1.807, 2.05) is 0 Å². The fourth-order valence-corrected chi connectivity index (χ4v) is 1.34. The first kappa shape index (κ1) is 10.3. The van der Waals surface area contributed by atoms with Gasteiger partial charge in [0.25, 0.3) is 0 Å². The maximum Gasteiger partial charge on any atom is 0.354 e. The highest BCUT2D eigenvalue weighted by Crippen LogP contribution is 2.14. The summed E-state index contributed by atoms with van der Waals surface area (Å²) >= 11 is 0. The molecule has 0 aliphatic heterocycles. The van der Waals surface area contributed by atoms with E-state index in [4.69, 9.17) is 5.11 Å².